The summed E-state index contributed by atoms with van der Waals surface area (Å²) >= 11 is 0. The minimum Gasteiger partial charge on any atom is -0.507 e. The first kappa shape index (κ1) is 10.7. The molecule has 0 radical (unpaired) electrons. The van der Waals surface area contributed by atoms with Crippen LogP contribution in [0.4, 0.5) is 0 Å². The van der Waals surface area contributed by atoms with E-state index in [9.17, 15) is 5.11 Å². The molecule has 0 spiro atoms. The molecular formula is C11H15NO2. The summed E-state index contributed by atoms with van der Waals surface area (Å²) in [6.45, 7) is 3.92. The molecule has 0 aliphatic rings. The van der Waals surface area contributed by atoms with Gasteiger partial charge in [0.15, 0.2) is 0 Å². The van der Waals surface area contributed by atoms with E-state index >= 15 is 0 Å². The fraction of sp³-hybridized carbons (Fsp3) is 0.364. The summed E-state index contributed by atoms with van der Waals surface area (Å²) in [5.41, 5.74) is 0.740. The van der Waals surface area contributed by atoms with Gasteiger partial charge >= 0.3 is 0 Å². The van der Waals surface area contributed by atoms with Crippen LogP contribution in [0.15, 0.2) is 29.3 Å². The first-order valence-electron chi connectivity index (χ1n) is 4.70. The monoisotopic (exact) mass is 193 g/mol. The first-order chi connectivity index (χ1) is 6.84. The van der Waals surface area contributed by atoms with Crippen LogP contribution in [-0.4, -0.2) is 31.1 Å². The summed E-state index contributed by atoms with van der Waals surface area (Å²) in [7, 11) is 0. The molecule has 1 aromatic rings. The summed E-state index contributed by atoms with van der Waals surface area (Å²) in [5, 5.41) is 9.39. The summed E-state index contributed by atoms with van der Waals surface area (Å²) in [4.78, 5) is 4.13. The third kappa shape index (κ3) is 3.58. The van der Waals surface area contributed by atoms with Gasteiger partial charge in [0.2, 0.25) is 0 Å². The number of aliphatic imine (C=N–C) groups is 1. The molecule has 0 fully saturated rings. The van der Waals surface area contributed by atoms with Crippen LogP contribution in [-0.2, 0) is 4.74 Å². The van der Waals surface area contributed by atoms with Crippen molar-refractivity contribution in [2.75, 3.05) is 19.8 Å². The van der Waals surface area contributed by atoms with Crippen molar-refractivity contribution in [3.05, 3.63) is 29.8 Å². The Kier molecular flexibility index (Phi) is 4.72. The Labute approximate surface area is 84.1 Å². The van der Waals surface area contributed by atoms with E-state index in [1.807, 2.05) is 19.1 Å². The molecule has 1 N–H and O–H groups in total. The molecule has 3 heteroatoms. The fourth-order valence-electron chi connectivity index (χ4n) is 1.02. The lowest BCUT2D eigenvalue weighted by Crippen LogP contribution is -1.97. The number of aromatic hydroxyl groups is 1. The van der Waals surface area contributed by atoms with Crippen molar-refractivity contribution in [1.82, 2.24) is 0 Å². The third-order valence-corrected chi connectivity index (χ3v) is 1.74. The molecule has 0 unspecified atom stereocenters. The van der Waals surface area contributed by atoms with Crippen LogP contribution in [0.1, 0.15) is 12.5 Å². The van der Waals surface area contributed by atoms with Crippen molar-refractivity contribution in [3.8, 4) is 5.75 Å². The zero-order valence-corrected chi connectivity index (χ0v) is 8.31. The Morgan fingerprint density at radius 2 is 2.21 bits per heavy atom. The van der Waals surface area contributed by atoms with E-state index in [0.717, 1.165) is 5.56 Å². The highest BCUT2D eigenvalue weighted by Crippen LogP contribution is 2.12. The number of phenols is 1. The highest BCUT2D eigenvalue weighted by atomic mass is 16.5. The zero-order chi connectivity index (χ0) is 10.2. The predicted molar refractivity (Wildman–Crippen MR) is 57.1 cm³/mol. The highest BCUT2D eigenvalue weighted by Gasteiger charge is 1.93. The highest BCUT2D eigenvalue weighted by molar-refractivity contribution is 5.83. The lowest BCUT2D eigenvalue weighted by molar-refractivity contribution is 0.156. The molecule has 0 aliphatic heterocycles. The molecule has 0 aliphatic carbocycles. The molecule has 14 heavy (non-hydrogen) atoms. The summed E-state index contributed by atoms with van der Waals surface area (Å²) < 4.78 is 5.13. The number of hydrogen-bond acceptors (Lipinski definition) is 3. The van der Waals surface area contributed by atoms with Crippen LogP contribution in [0.25, 0.3) is 0 Å². The Bertz CT molecular complexity index is 297. The van der Waals surface area contributed by atoms with E-state index in [4.69, 9.17) is 4.74 Å². The lowest BCUT2D eigenvalue weighted by Gasteiger charge is -1.97. The number of rotatable bonds is 5. The van der Waals surface area contributed by atoms with Gasteiger partial charge in [0.05, 0.1) is 13.2 Å². The molecule has 0 atom stereocenters. The van der Waals surface area contributed by atoms with E-state index in [-0.39, 0.29) is 5.75 Å². The minimum absolute atomic E-state index is 0.257. The number of ether oxygens (including phenoxy) is 1. The van der Waals surface area contributed by atoms with Crippen LogP contribution < -0.4 is 0 Å². The molecule has 0 saturated carbocycles. The van der Waals surface area contributed by atoms with Gasteiger partial charge in [-0.05, 0) is 19.1 Å². The maximum atomic E-state index is 9.39. The van der Waals surface area contributed by atoms with E-state index in [2.05, 4.69) is 4.99 Å². The van der Waals surface area contributed by atoms with Gasteiger partial charge in [-0.3, -0.25) is 4.99 Å². The van der Waals surface area contributed by atoms with E-state index in [0.29, 0.717) is 19.8 Å². The molecule has 3 nitrogen and oxygen atoms in total. The van der Waals surface area contributed by atoms with Gasteiger partial charge in [0.25, 0.3) is 0 Å². The van der Waals surface area contributed by atoms with Crippen LogP contribution >= 0.6 is 0 Å². The second kappa shape index (κ2) is 6.16. The second-order valence-electron chi connectivity index (χ2n) is 2.79. The normalized spacial score (nSPS) is 10.9. The van der Waals surface area contributed by atoms with Gasteiger partial charge in [-0.2, -0.15) is 0 Å². The molecule has 76 valence electrons. The van der Waals surface area contributed by atoms with Crippen LogP contribution in [0, 0.1) is 0 Å². The average molecular weight is 193 g/mol. The predicted octanol–water partition coefficient (Wildman–Crippen LogP) is 1.85. The van der Waals surface area contributed by atoms with E-state index < -0.39 is 0 Å². The van der Waals surface area contributed by atoms with Crippen LogP contribution in [0.2, 0.25) is 0 Å². The number of hydrogen-bond donors (Lipinski definition) is 1. The van der Waals surface area contributed by atoms with E-state index in [1.165, 1.54) is 0 Å². The van der Waals surface area contributed by atoms with Crippen molar-refractivity contribution in [2.45, 2.75) is 6.92 Å². The van der Waals surface area contributed by atoms with Crippen molar-refractivity contribution < 1.29 is 9.84 Å². The second-order valence-corrected chi connectivity index (χ2v) is 2.79. The SMILES string of the molecule is CCOCC/N=C/c1ccccc1O. The molecule has 0 amide bonds. The van der Waals surface area contributed by atoms with Crippen LogP contribution in [0.5, 0.6) is 5.75 Å². The number of phenolic OH excluding ortho intramolecular Hbond substituents is 1. The van der Waals surface area contributed by atoms with Crippen LogP contribution in [0.3, 0.4) is 0 Å². The molecule has 0 bridgehead atoms. The van der Waals surface area contributed by atoms with Gasteiger partial charge in [-0.1, -0.05) is 12.1 Å². The smallest absolute Gasteiger partial charge is 0.124 e. The van der Waals surface area contributed by atoms with Crippen molar-refractivity contribution in [3.63, 3.8) is 0 Å². The fourth-order valence-corrected chi connectivity index (χ4v) is 1.02. The standard InChI is InChI=1S/C11H15NO2/c1-2-14-8-7-12-9-10-5-3-4-6-11(10)13/h3-6,9,13H,2,7-8H2,1H3/b12-9+. The summed E-state index contributed by atoms with van der Waals surface area (Å²) in [6.07, 6.45) is 1.66. The molecule has 1 rings (SSSR count). The largest absolute Gasteiger partial charge is 0.507 e. The Morgan fingerprint density at radius 1 is 1.43 bits per heavy atom. The summed E-state index contributed by atoms with van der Waals surface area (Å²) in [6, 6.07) is 7.11. The van der Waals surface area contributed by atoms with Gasteiger partial charge in [-0.25, -0.2) is 0 Å². The van der Waals surface area contributed by atoms with Crippen molar-refractivity contribution >= 4 is 6.21 Å². The van der Waals surface area contributed by atoms with Crippen molar-refractivity contribution in [2.24, 2.45) is 4.99 Å². The lowest BCUT2D eigenvalue weighted by atomic mass is 10.2. The third-order valence-electron chi connectivity index (χ3n) is 1.74. The number of benzene rings is 1. The van der Waals surface area contributed by atoms with Gasteiger partial charge < -0.3 is 9.84 Å². The van der Waals surface area contributed by atoms with Gasteiger partial charge in [-0.15, -0.1) is 0 Å². The van der Waals surface area contributed by atoms with E-state index in [1.54, 1.807) is 18.3 Å². The van der Waals surface area contributed by atoms with Crippen molar-refractivity contribution in [1.29, 1.82) is 0 Å². The summed E-state index contributed by atoms with van der Waals surface area (Å²) in [5.74, 6) is 0.257. The molecule has 0 aromatic heterocycles. The van der Waals surface area contributed by atoms with Gasteiger partial charge in [0.1, 0.15) is 5.75 Å². The topological polar surface area (TPSA) is 41.8 Å². The Balaban J connectivity index is 2.40. The molecule has 0 saturated heterocycles. The number of nitrogens with zero attached hydrogens (tertiary/aromatic N) is 1. The maximum absolute atomic E-state index is 9.39. The first-order valence-corrected chi connectivity index (χ1v) is 4.70. The zero-order valence-electron chi connectivity index (χ0n) is 8.31. The number of para-hydroxylation sites is 1. The molecule has 0 heterocycles. The van der Waals surface area contributed by atoms with Gasteiger partial charge in [0, 0.05) is 18.4 Å². The quantitative estimate of drug-likeness (QED) is 0.572. The average Bonchev–Trinajstić information content (AvgIpc) is 2.20. The Morgan fingerprint density at radius 3 is 2.93 bits per heavy atom. The minimum atomic E-state index is 0.257. The molecule has 1 aromatic carbocycles. The maximum Gasteiger partial charge on any atom is 0.124 e. The Hall–Kier alpha value is -1.35. The molecular weight excluding hydrogens is 178 g/mol.